The highest BCUT2D eigenvalue weighted by Gasteiger charge is 2.26. The molecule has 1 fully saturated rings. The molecule has 1 saturated heterocycles. The third-order valence-corrected chi connectivity index (χ3v) is 5.58. The molecule has 0 spiro atoms. The van der Waals surface area contributed by atoms with Crippen LogP contribution in [0.25, 0.3) is 21.6 Å². The number of hydrogen-bond acceptors (Lipinski definition) is 3. The number of likely N-dealkylation sites (tertiary alicyclic amines) is 1. The number of hydrogen-bond donors (Lipinski definition) is 0. The zero-order valence-corrected chi connectivity index (χ0v) is 16.7. The van der Waals surface area contributed by atoms with Crippen molar-refractivity contribution >= 4 is 22.5 Å². The average molecular weight is 390 g/mol. The number of rotatable bonds is 4. The highest BCUT2D eigenvalue weighted by molar-refractivity contribution is 6.09. The molecule has 2 aromatic heterocycles. The van der Waals surface area contributed by atoms with Gasteiger partial charge in [-0.05, 0) is 50.5 Å². The van der Waals surface area contributed by atoms with Gasteiger partial charge in [0.05, 0.1) is 29.7 Å². The first-order valence-electron chi connectivity index (χ1n) is 9.83. The molecule has 3 aromatic rings. The summed E-state index contributed by atoms with van der Waals surface area (Å²) in [4.78, 5) is 23.3. The smallest absolute Gasteiger partial charge is 0.187 e. The summed E-state index contributed by atoms with van der Waals surface area (Å²) in [6, 6.07) is 9.37. The zero-order chi connectivity index (χ0) is 20.5. The van der Waals surface area contributed by atoms with Crippen molar-refractivity contribution < 1.29 is 9.18 Å². The fraction of sp³-hybridized carbons (Fsp3) is 0.348. The van der Waals surface area contributed by atoms with Crippen LogP contribution in [-0.4, -0.2) is 46.0 Å². The van der Waals surface area contributed by atoms with Gasteiger partial charge in [0, 0.05) is 30.7 Å². The van der Waals surface area contributed by atoms with Gasteiger partial charge in [-0.2, -0.15) is 0 Å². The Hall–Kier alpha value is -3.04. The number of carbonyl (C=O) groups excluding carboxylic acids is 1. The Labute approximate surface area is 169 Å². The first-order valence-corrected chi connectivity index (χ1v) is 9.83. The molecule has 1 aliphatic rings. The number of piperidine rings is 1. The van der Waals surface area contributed by atoms with Crippen LogP contribution >= 0.6 is 0 Å². The maximum absolute atomic E-state index is 13.4. The van der Waals surface area contributed by atoms with Crippen LogP contribution < -0.4 is 0 Å². The van der Waals surface area contributed by atoms with Gasteiger partial charge in [0.1, 0.15) is 6.17 Å². The van der Waals surface area contributed by atoms with Crippen molar-refractivity contribution in [3.63, 3.8) is 0 Å². The number of pyridine rings is 1. The molecule has 0 unspecified atom stereocenters. The molecule has 0 radical (unpaired) electrons. The number of alkyl halides is 1. The first-order chi connectivity index (χ1) is 14.0. The van der Waals surface area contributed by atoms with E-state index in [-0.39, 0.29) is 12.3 Å². The van der Waals surface area contributed by atoms with Crippen molar-refractivity contribution in [3.8, 4) is 5.69 Å². The van der Waals surface area contributed by atoms with Crippen LogP contribution in [0, 0.1) is 20.4 Å². The van der Waals surface area contributed by atoms with E-state index in [4.69, 9.17) is 6.57 Å². The monoisotopic (exact) mass is 390 g/mol. The van der Waals surface area contributed by atoms with E-state index in [1.807, 2.05) is 41.5 Å². The number of aromatic nitrogens is 2. The number of nitrogens with zero attached hydrogens (tertiary/aromatic N) is 4. The van der Waals surface area contributed by atoms with Crippen molar-refractivity contribution in [2.24, 2.45) is 0 Å². The molecular weight excluding hydrogens is 367 g/mol. The van der Waals surface area contributed by atoms with E-state index in [2.05, 4.69) is 9.83 Å². The van der Waals surface area contributed by atoms with Crippen molar-refractivity contribution in [1.29, 1.82) is 0 Å². The van der Waals surface area contributed by atoms with Gasteiger partial charge in [0.2, 0.25) is 0 Å². The fourth-order valence-corrected chi connectivity index (χ4v) is 4.07. The van der Waals surface area contributed by atoms with Crippen LogP contribution in [0.2, 0.25) is 0 Å². The molecule has 0 saturated carbocycles. The molecule has 0 amide bonds. The minimum Gasteiger partial charge on any atom is -0.312 e. The summed E-state index contributed by atoms with van der Waals surface area (Å²) in [5.74, 6) is 0.0117. The Kier molecular flexibility index (Phi) is 5.16. The third kappa shape index (κ3) is 3.66. The van der Waals surface area contributed by atoms with Crippen LogP contribution in [0.5, 0.6) is 0 Å². The molecule has 3 heterocycles. The number of ketones is 1. The van der Waals surface area contributed by atoms with Gasteiger partial charge < -0.3 is 4.57 Å². The fourth-order valence-electron chi connectivity index (χ4n) is 4.07. The quantitative estimate of drug-likeness (QED) is 0.474. The summed E-state index contributed by atoms with van der Waals surface area (Å²) in [7, 11) is 0. The molecule has 0 atom stereocenters. The predicted octanol–water partition coefficient (Wildman–Crippen LogP) is 4.81. The topological polar surface area (TPSA) is 42.5 Å². The van der Waals surface area contributed by atoms with E-state index in [9.17, 15) is 9.18 Å². The van der Waals surface area contributed by atoms with Gasteiger partial charge in [0.25, 0.3) is 0 Å². The lowest BCUT2D eigenvalue weighted by Gasteiger charge is -2.27. The van der Waals surface area contributed by atoms with E-state index in [0.717, 1.165) is 22.5 Å². The molecule has 4 rings (SSSR count). The largest absolute Gasteiger partial charge is 0.312 e. The number of halogens is 1. The maximum Gasteiger partial charge on any atom is 0.187 e. The second-order valence-corrected chi connectivity index (χ2v) is 7.68. The molecule has 6 heteroatoms. The molecule has 0 bridgehead atoms. The van der Waals surface area contributed by atoms with Crippen LogP contribution in [0.3, 0.4) is 0 Å². The van der Waals surface area contributed by atoms with Crippen molar-refractivity contribution in [3.05, 3.63) is 64.8 Å². The van der Waals surface area contributed by atoms with Crippen LogP contribution in [0.15, 0.2) is 36.5 Å². The first kappa shape index (κ1) is 19.3. The molecule has 0 N–H and O–H groups in total. The molecule has 1 aliphatic heterocycles. The normalized spacial score (nSPS) is 15.5. The van der Waals surface area contributed by atoms with Gasteiger partial charge in [-0.3, -0.25) is 14.7 Å². The van der Waals surface area contributed by atoms with Crippen molar-refractivity contribution in [1.82, 2.24) is 14.5 Å². The third-order valence-electron chi connectivity index (χ3n) is 5.58. The maximum atomic E-state index is 13.4. The van der Waals surface area contributed by atoms with Gasteiger partial charge in [-0.15, -0.1) is 0 Å². The Bertz CT molecular complexity index is 1100. The number of carbonyl (C=O) groups is 1. The Balaban J connectivity index is 1.77. The Morgan fingerprint density at radius 1 is 1.24 bits per heavy atom. The van der Waals surface area contributed by atoms with Crippen LogP contribution in [-0.2, 0) is 0 Å². The van der Waals surface area contributed by atoms with E-state index < -0.39 is 6.17 Å². The number of fused-ring (bicyclic) bond motifs is 1. The van der Waals surface area contributed by atoms with Gasteiger partial charge >= 0.3 is 0 Å². The molecule has 148 valence electrons. The van der Waals surface area contributed by atoms with Crippen molar-refractivity contribution in [2.75, 3.05) is 19.6 Å². The van der Waals surface area contributed by atoms with Crippen molar-refractivity contribution in [2.45, 2.75) is 32.9 Å². The summed E-state index contributed by atoms with van der Waals surface area (Å²) in [5, 5.41) is 0. The second-order valence-electron chi connectivity index (χ2n) is 7.68. The van der Waals surface area contributed by atoms with E-state index in [0.29, 0.717) is 42.7 Å². The summed E-state index contributed by atoms with van der Waals surface area (Å²) >= 11 is 0. The molecule has 0 aliphatic carbocycles. The minimum atomic E-state index is -0.756. The van der Waals surface area contributed by atoms with E-state index in [1.165, 1.54) is 0 Å². The van der Waals surface area contributed by atoms with Gasteiger partial charge in [-0.25, -0.2) is 9.24 Å². The van der Waals surface area contributed by atoms with Gasteiger partial charge in [0.15, 0.2) is 11.5 Å². The second kappa shape index (κ2) is 7.76. The lowest BCUT2D eigenvalue weighted by atomic mass is 10.1. The summed E-state index contributed by atoms with van der Waals surface area (Å²) in [6.07, 6.45) is 1.99. The summed E-state index contributed by atoms with van der Waals surface area (Å²) in [6.45, 7) is 12.5. The van der Waals surface area contributed by atoms with Crippen LogP contribution in [0.1, 0.15) is 34.5 Å². The highest BCUT2D eigenvalue weighted by atomic mass is 19.1. The van der Waals surface area contributed by atoms with E-state index in [1.54, 1.807) is 18.3 Å². The molecule has 5 nitrogen and oxygen atoms in total. The van der Waals surface area contributed by atoms with Crippen LogP contribution in [0.4, 0.5) is 10.1 Å². The molecular formula is C23H23FN4O. The zero-order valence-electron chi connectivity index (χ0n) is 16.7. The number of aryl methyl sites for hydroxylation is 1. The van der Waals surface area contributed by atoms with E-state index >= 15 is 0 Å². The number of Topliss-reactive ketones (excluding diaryl/α,β-unsaturated/α-hetero) is 1. The highest BCUT2D eigenvalue weighted by Crippen LogP contribution is 2.30. The van der Waals surface area contributed by atoms with Gasteiger partial charge in [-0.1, -0.05) is 12.1 Å². The number of benzene rings is 1. The summed E-state index contributed by atoms with van der Waals surface area (Å²) < 4.78 is 15.5. The minimum absolute atomic E-state index is 0.0117. The lowest BCUT2D eigenvalue weighted by Crippen LogP contribution is -2.38. The SMILES string of the molecule is [C-]#[N+]c1ccc(-n2c(C)c(C(=O)CN3CCC(F)CC3)c3ncc(C)cc32)cc1. The standard InChI is InChI=1S/C23H23FN4O/c1-15-12-20-23(26-13-15)22(21(29)14-27-10-8-17(24)9-11-27)16(2)28(20)19-6-4-18(25-3)5-7-19/h4-7,12-13,17H,8-11,14H2,1-2H3. The Morgan fingerprint density at radius 3 is 2.59 bits per heavy atom. The predicted molar refractivity (Wildman–Crippen MR) is 112 cm³/mol. The summed E-state index contributed by atoms with van der Waals surface area (Å²) in [5.41, 5.74) is 5.50. The molecule has 1 aromatic carbocycles. The lowest BCUT2D eigenvalue weighted by molar-refractivity contribution is 0.0876. The Morgan fingerprint density at radius 2 is 1.93 bits per heavy atom. The molecule has 29 heavy (non-hydrogen) atoms. The average Bonchev–Trinajstić information content (AvgIpc) is 3.01.